The number of nitrogens with one attached hydrogen (secondary N) is 1. The minimum atomic E-state index is 0.616. The van der Waals surface area contributed by atoms with Crippen LogP contribution in [0.3, 0.4) is 0 Å². The van der Waals surface area contributed by atoms with Crippen molar-refractivity contribution < 1.29 is 0 Å². The van der Waals surface area contributed by atoms with Crippen molar-refractivity contribution in [2.45, 2.75) is 38.1 Å². The first-order valence-corrected chi connectivity index (χ1v) is 7.80. The van der Waals surface area contributed by atoms with Gasteiger partial charge in [0.2, 0.25) is 0 Å². The largest absolute Gasteiger partial charge is 0.314 e. The van der Waals surface area contributed by atoms with Gasteiger partial charge in [0.1, 0.15) is 0 Å². The van der Waals surface area contributed by atoms with Crippen molar-refractivity contribution in [1.29, 1.82) is 0 Å². The van der Waals surface area contributed by atoms with Crippen LogP contribution in [0, 0.1) is 5.92 Å². The maximum absolute atomic E-state index is 4.19. The molecule has 2 aliphatic rings. The fraction of sp³-hybridized carbons (Fsp3) is 0.688. The van der Waals surface area contributed by atoms with Gasteiger partial charge in [-0.2, -0.15) is 0 Å². The standard InChI is InChI=1S/C16H25N3/c1-2-4-14(5-3-1)16(15-6-8-17-9-7-15)19-12-10-18-11-13-19/h6-9,14,16,18H,1-5,10-13H2/t16-/m1/s1. The van der Waals surface area contributed by atoms with Crippen LogP contribution in [0.25, 0.3) is 0 Å². The van der Waals surface area contributed by atoms with Gasteiger partial charge < -0.3 is 5.32 Å². The Hall–Kier alpha value is -0.930. The van der Waals surface area contributed by atoms with E-state index in [-0.39, 0.29) is 0 Å². The van der Waals surface area contributed by atoms with Crippen LogP contribution < -0.4 is 5.32 Å². The van der Waals surface area contributed by atoms with E-state index in [0.29, 0.717) is 6.04 Å². The van der Waals surface area contributed by atoms with E-state index in [0.717, 1.165) is 19.0 Å². The van der Waals surface area contributed by atoms with Crippen LogP contribution in [-0.4, -0.2) is 36.1 Å². The lowest BCUT2D eigenvalue weighted by Crippen LogP contribution is -2.47. The van der Waals surface area contributed by atoms with Crippen LogP contribution in [0.2, 0.25) is 0 Å². The number of hydrogen-bond donors (Lipinski definition) is 1. The molecule has 1 aliphatic heterocycles. The smallest absolute Gasteiger partial charge is 0.0378 e. The average Bonchev–Trinajstić information content (AvgIpc) is 2.51. The summed E-state index contributed by atoms with van der Waals surface area (Å²) in [5, 5.41) is 3.47. The molecule has 1 aromatic heterocycles. The third-order valence-corrected chi connectivity index (χ3v) is 4.69. The van der Waals surface area contributed by atoms with Gasteiger partial charge >= 0.3 is 0 Å². The summed E-state index contributed by atoms with van der Waals surface area (Å²) in [5.41, 5.74) is 1.48. The molecule has 0 amide bonds. The first-order chi connectivity index (χ1) is 9.45. The van der Waals surface area contributed by atoms with Crippen LogP contribution in [0.5, 0.6) is 0 Å². The van der Waals surface area contributed by atoms with Crippen LogP contribution >= 0.6 is 0 Å². The van der Waals surface area contributed by atoms with Crippen molar-refractivity contribution in [3.63, 3.8) is 0 Å². The Morgan fingerprint density at radius 1 is 1.05 bits per heavy atom. The maximum Gasteiger partial charge on any atom is 0.0378 e. The summed E-state index contributed by atoms with van der Waals surface area (Å²) >= 11 is 0. The Bertz CT molecular complexity index is 349. The Morgan fingerprint density at radius 3 is 2.42 bits per heavy atom. The zero-order valence-electron chi connectivity index (χ0n) is 11.7. The quantitative estimate of drug-likeness (QED) is 0.904. The summed E-state index contributed by atoms with van der Waals surface area (Å²) in [4.78, 5) is 6.88. The van der Waals surface area contributed by atoms with Crippen molar-refractivity contribution in [3.05, 3.63) is 30.1 Å². The molecule has 3 nitrogen and oxygen atoms in total. The minimum Gasteiger partial charge on any atom is -0.314 e. The highest BCUT2D eigenvalue weighted by molar-refractivity contribution is 5.17. The summed E-state index contributed by atoms with van der Waals surface area (Å²) in [6.45, 7) is 4.63. The van der Waals surface area contributed by atoms with Gasteiger partial charge in [0.05, 0.1) is 0 Å². The number of aromatic nitrogens is 1. The molecule has 1 atom stereocenters. The van der Waals surface area contributed by atoms with Gasteiger partial charge in [-0.15, -0.1) is 0 Å². The molecule has 3 heteroatoms. The van der Waals surface area contributed by atoms with Crippen LogP contribution in [0.15, 0.2) is 24.5 Å². The Labute approximate surface area is 116 Å². The first kappa shape index (κ1) is 13.1. The van der Waals surface area contributed by atoms with E-state index in [2.05, 4.69) is 27.3 Å². The predicted molar refractivity (Wildman–Crippen MR) is 78.0 cm³/mol. The highest BCUT2D eigenvalue weighted by Gasteiger charge is 2.30. The SMILES string of the molecule is c1cc([C@@H](C2CCCCC2)N2CCNCC2)ccn1. The topological polar surface area (TPSA) is 28.2 Å². The van der Waals surface area contributed by atoms with Crippen molar-refractivity contribution in [1.82, 2.24) is 15.2 Å². The van der Waals surface area contributed by atoms with Crippen molar-refractivity contribution in [3.8, 4) is 0 Å². The second kappa shape index (κ2) is 6.49. The highest BCUT2D eigenvalue weighted by atomic mass is 15.2. The molecule has 1 N–H and O–H groups in total. The van der Waals surface area contributed by atoms with Crippen molar-refractivity contribution in [2.24, 2.45) is 5.92 Å². The fourth-order valence-electron chi connectivity index (χ4n) is 3.75. The van der Waals surface area contributed by atoms with Gasteiger partial charge in [0.15, 0.2) is 0 Å². The van der Waals surface area contributed by atoms with E-state index < -0.39 is 0 Å². The second-order valence-corrected chi connectivity index (χ2v) is 5.91. The molecule has 2 fully saturated rings. The normalized spacial score (nSPS) is 24.2. The minimum absolute atomic E-state index is 0.616. The van der Waals surface area contributed by atoms with Crippen LogP contribution in [0.1, 0.15) is 43.7 Å². The summed E-state index contributed by atoms with van der Waals surface area (Å²) in [6.07, 6.45) is 11.0. The van der Waals surface area contributed by atoms with Crippen molar-refractivity contribution >= 4 is 0 Å². The molecule has 0 radical (unpaired) electrons. The van der Waals surface area contributed by atoms with E-state index in [1.54, 1.807) is 0 Å². The summed E-state index contributed by atoms with van der Waals surface area (Å²) < 4.78 is 0. The maximum atomic E-state index is 4.19. The Balaban J connectivity index is 1.81. The lowest BCUT2D eigenvalue weighted by atomic mass is 9.80. The highest BCUT2D eigenvalue weighted by Crippen LogP contribution is 2.38. The van der Waals surface area contributed by atoms with Gasteiger partial charge in [-0.05, 0) is 36.5 Å². The third-order valence-electron chi connectivity index (χ3n) is 4.69. The summed E-state index contributed by atoms with van der Waals surface area (Å²) in [5.74, 6) is 0.842. The molecule has 2 heterocycles. The van der Waals surface area contributed by atoms with Gasteiger partial charge in [0.25, 0.3) is 0 Å². The molecule has 1 saturated carbocycles. The van der Waals surface area contributed by atoms with E-state index >= 15 is 0 Å². The average molecular weight is 259 g/mol. The van der Waals surface area contributed by atoms with E-state index in [4.69, 9.17) is 0 Å². The second-order valence-electron chi connectivity index (χ2n) is 5.91. The van der Waals surface area contributed by atoms with Gasteiger partial charge in [-0.1, -0.05) is 19.3 Å². The number of pyridine rings is 1. The molecular weight excluding hydrogens is 234 g/mol. The Morgan fingerprint density at radius 2 is 1.74 bits per heavy atom. The molecule has 0 aromatic carbocycles. The molecule has 104 valence electrons. The molecular formula is C16H25N3. The molecule has 1 saturated heterocycles. The number of nitrogens with zero attached hydrogens (tertiary/aromatic N) is 2. The predicted octanol–water partition coefficient (Wildman–Crippen LogP) is 2.61. The summed E-state index contributed by atoms with van der Waals surface area (Å²) in [6, 6.07) is 5.06. The number of hydrogen-bond acceptors (Lipinski definition) is 3. The van der Waals surface area contributed by atoms with E-state index in [1.807, 2.05) is 12.4 Å². The van der Waals surface area contributed by atoms with E-state index in [1.165, 1.54) is 50.8 Å². The number of rotatable bonds is 3. The summed E-state index contributed by atoms with van der Waals surface area (Å²) in [7, 11) is 0. The molecule has 0 unspecified atom stereocenters. The van der Waals surface area contributed by atoms with Gasteiger partial charge in [0, 0.05) is 44.6 Å². The lowest BCUT2D eigenvalue weighted by Gasteiger charge is -2.41. The van der Waals surface area contributed by atoms with Gasteiger partial charge in [-0.25, -0.2) is 0 Å². The zero-order valence-corrected chi connectivity index (χ0v) is 11.7. The van der Waals surface area contributed by atoms with Crippen LogP contribution in [-0.2, 0) is 0 Å². The first-order valence-electron chi connectivity index (χ1n) is 7.80. The molecule has 3 rings (SSSR count). The zero-order chi connectivity index (χ0) is 12.9. The van der Waals surface area contributed by atoms with E-state index in [9.17, 15) is 0 Å². The molecule has 0 spiro atoms. The van der Waals surface area contributed by atoms with Crippen molar-refractivity contribution in [2.75, 3.05) is 26.2 Å². The molecule has 1 aromatic rings. The monoisotopic (exact) mass is 259 g/mol. The molecule has 1 aliphatic carbocycles. The Kier molecular flexibility index (Phi) is 4.46. The number of piperazine rings is 1. The van der Waals surface area contributed by atoms with Crippen LogP contribution in [0.4, 0.5) is 0 Å². The molecule has 0 bridgehead atoms. The third kappa shape index (κ3) is 3.15. The fourth-order valence-corrected chi connectivity index (χ4v) is 3.75. The lowest BCUT2D eigenvalue weighted by molar-refractivity contribution is 0.103. The van der Waals surface area contributed by atoms with Gasteiger partial charge in [-0.3, -0.25) is 9.88 Å². The molecule has 19 heavy (non-hydrogen) atoms.